The third kappa shape index (κ3) is 5.41. The second-order valence-electron chi connectivity index (χ2n) is 6.54. The Morgan fingerprint density at radius 3 is 2.35 bits per heavy atom. The molecule has 0 aliphatic heterocycles. The van der Waals surface area contributed by atoms with E-state index < -0.39 is 0 Å². The van der Waals surface area contributed by atoms with Crippen molar-refractivity contribution >= 4 is 23.3 Å². The highest BCUT2D eigenvalue weighted by Gasteiger charge is 2.18. The molecule has 1 unspecified atom stereocenters. The molecular weight excluding hydrogens is 348 g/mol. The van der Waals surface area contributed by atoms with Crippen LogP contribution in [-0.2, 0) is 4.79 Å². The van der Waals surface area contributed by atoms with Crippen LogP contribution in [0.5, 0.6) is 0 Å². The number of aryl methyl sites for hydroxylation is 1. The number of likely N-dealkylation sites (N-methyl/N-ethyl adjacent to an activating group) is 1. The maximum Gasteiger partial charge on any atom is 0.220 e. The van der Waals surface area contributed by atoms with Crippen LogP contribution in [0.4, 0.5) is 0 Å². The van der Waals surface area contributed by atoms with Gasteiger partial charge in [0.25, 0.3) is 0 Å². The van der Waals surface area contributed by atoms with Crippen molar-refractivity contribution in [2.24, 2.45) is 0 Å². The Hall–Kier alpha value is -2.17. The van der Waals surface area contributed by atoms with Gasteiger partial charge < -0.3 is 10.2 Å². The molecule has 0 saturated heterocycles. The molecule has 4 nitrogen and oxygen atoms in total. The largest absolute Gasteiger partial charge is 0.354 e. The van der Waals surface area contributed by atoms with Gasteiger partial charge >= 0.3 is 0 Å². The number of halogens is 1. The lowest BCUT2D eigenvalue weighted by molar-refractivity contribution is -0.121. The summed E-state index contributed by atoms with van der Waals surface area (Å²) in [6.07, 6.45) is 0.380. The van der Waals surface area contributed by atoms with Gasteiger partial charge in [0.2, 0.25) is 5.91 Å². The number of nitrogens with zero attached hydrogens (tertiary/aromatic N) is 1. The van der Waals surface area contributed by atoms with Crippen molar-refractivity contribution in [1.29, 1.82) is 0 Å². The molecule has 0 aromatic heterocycles. The number of hydrogen-bond acceptors (Lipinski definition) is 3. The number of benzene rings is 2. The third-order valence-corrected chi connectivity index (χ3v) is 4.75. The minimum absolute atomic E-state index is 0.00601. The summed E-state index contributed by atoms with van der Waals surface area (Å²) in [6, 6.07) is 15.0. The van der Waals surface area contributed by atoms with E-state index in [0.29, 0.717) is 17.1 Å². The molecule has 0 saturated carbocycles. The zero-order valence-corrected chi connectivity index (χ0v) is 16.2. The van der Waals surface area contributed by atoms with Crippen molar-refractivity contribution in [2.75, 3.05) is 20.6 Å². The van der Waals surface area contributed by atoms with Crippen LogP contribution in [0.25, 0.3) is 0 Å². The third-order valence-electron chi connectivity index (χ3n) is 4.40. The Bertz CT molecular complexity index is 774. The number of nitrogens with one attached hydrogen (secondary N) is 1. The summed E-state index contributed by atoms with van der Waals surface area (Å²) in [7, 11) is 3.89. The van der Waals surface area contributed by atoms with E-state index >= 15 is 0 Å². The van der Waals surface area contributed by atoms with Crippen molar-refractivity contribution < 1.29 is 9.59 Å². The molecule has 0 spiro atoms. The van der Waals surface area contributed by atoms with Gasteiger partial charge in [0, 0.05) is 30.0 Å². The molecule has 2 aromatic rings. The lowest BCUT2D eigenvalue weighted by atomic mass is 10.0. The standard InChI is InChI=1S/C21H25ClN2O2/c1-15-8-4-5-9-16(15)20(25)12-13-21(26)23-14-19(24(2)3)17-10-6-7-11-18(17)22/h4-11,19H,12-14H2,1-3H3,(H,23,26). The van der Waals surface area contributed by atoms with Gasteiger partial charge in [-0.1, -0.05) is 54.1 Å². The predicted molar refractivity (Wildman–Crippen MR) is 106 cm³/mol. The van der Waals surface area contributed by atoms with Crippen molar-refractivity contribution in [2.45, 2.75) is 25.8 Å². The molecule has 26 heavy (non-hydrogen) atoms. The van der Waals surface area contributed by atoms with E-state index in [-0.39, 0.29) is 30.6 Å². The van der Waals surface area contributed by atoms with Gasteiger partial charge in [-0.3, -0.25) is 9.59 Å². The summed E-state index contributed by atoms with van der Waals surface area (Å²) >= 11 is 6.28. The van der Waals surface area contributed by atoms with Gasteiger partial charge in [-0.15, -0.1) is 0 Å². The minimum Gasteiger partial charge on any atom is -0.354 e. The van der Waals surface area contributed by atoms with E-state index in [9.17, 15) is 9.59 Å². The molecule has 0 aliphatic carbocycles. The second kappa shape index (κ2) is 9.51. The van der Waals surface area contributed by atoms with Crippen LogP contribution < -0.4 is 5.32 Å². The lowest BCUT2D eigenvalue weighted by Crippen LogP contribution is -2.34. The summed E-state index contributed by atoms with van der Waals surface area (Å²) in [4.78, 5) is 26.5. The Balaban J connectivity index is 1.90. The number of carbonyl (C=O) groups excluding carboxylic acids is 2. The fraction of sp³-hybridized carbons (Fsp3) is 0.333. The first-order chi connectivity index (χ1) is 12.4. The van der Waals surface area contributed by atoms with Crippen molar-refractivity contribution in [3.05, 3.63) is 70.2 Å². The van der Waals surface area contributed by atoms with Crippen molar-refractivity contribution in [3.8, 4) is 0 Å². The zero-order valence-electron chi connectivity index (χ0n) is 15.5. The maximum absolute atomic E-state index is 12.3. The normalized spacial score (nSPS) is 12.0. The molecule has 1 amide bonds. The fourth-order valence-corrected chi connectivity index (χ4v) is 3.12. The summed E-state index contributed by atoms with van der Waals surface area (Å²) in [5, 5.41) is 3.60. The number of rotatable bonds is 8. The van der Waals surface area contributed by atoms with E-state index in [1.165, 1.54) is 0 Å². The SMILES string of the molecule is Cc1ccccc1C(=O)CCC(=O)NCC(c1ccccc1Cl)N(C)C. The average molecular weight is 373 g/mol. The monoisotopic (exact) mass is 372 g/mol. The Kier molecular flexibility index (Phi) is 7.37. The van der Waals surface area contributed by atoms with E-state index in [2.05, 4.69) is 5.32 Å². The molecule has 0 fully saturated rings. The highest BCUT2D eigenvalue weighted by molar-refractivity contribution is 6.31. The van der Waals surface area contributed by atoms with Crippen molar-refractivity contribution in [1.82, 2.24) is 10.2 Å². The molecule has 0 bridgehead atoms. The molecule has 5 heteroatoms. The summed E-state index contributed by atoms with van der Waals surface area (Å²) < 4.78 is 0. The van der Waals surface area contributed by atoms with Crippen molar-refractivity contribution in [3.63, 3.8) is 0 Å². The van der Waals surface area contributed by atoms with Gasteiger partial charge in [0.15, 0.2) is 5.78 Å². The Morgan fingerprint density at radius 2 is 1.69 bits per heavy atom. The number of amides is 1. The summed E-state index contributed by atoms with van der Waals surface area (Å²) in [5.74, 6) is -0.139. The number of hydrogen-bond donors (Lipinski definition) is 1. The maximum atomic E-state index is 12.3. The lowest BCUT2D eigenvalue weighted by Gasteiger charge is -2.26. The molecule has 0 heterocycles. The molecule has 2 aromatic carbocycles. The molecule has 1 atom stereocenters. The van der Waals surface area contributed by atoms with Crippen LogP contribution in [0.3, 0.4) is 0 Å². The first kappa shape index (κ1) is 20.1. The van der Waals surface area contributed by atoms with Gasteiger partial charge in [0.1, 0.15) is 0 Å². The summed E-state index contributed by atoms with van der Waals surface area (Å²) in [5.41, 5.74) is 2.59. The molecule has 0 aliphatic rings. The molecule has 0 radical (unpaired) electrons. The van der Waals surface area contributed by atoms with Crippen LogP contribution in [0.2, 0.25) is 5.02 Å². The average Bonchev–Trinajstić information content (AvgIpc) is 2.61. The van der Waals surface area contributed by atoms with E-state index in [1.807, 2.05) is 68.4 Å². The quantitative estimate of drug-likeness (QED) is 0.712. The summed E-state index contributed by atoms with van der Waals surface area (Å²) in [6.45, 7) is 2.34. The van der Waals surface area contributed by atoms with E-state index in [0.717, 1.165) is 11.1 Å². The Labute approximate surface area is 160 Å². The zero-order chi connectivity index (χ0) is 19.1. The minimum atomic E-state index is -0.133. The van der Waals surface area contributed by atoms with Crippen LogP contribution in [0.1, 0.15) is 40.4 Å². The first-order valence-corrected chi connectivity index (χ1v) is 9.04. The fourth-order valence-electron chi connectivity index (χ4n) is 2.86. The molecule has 1 N–H and O–H groups in total. The second-order valence-corrected chi connectivity index (χ2v) is 6.95. The highest BCUT2D eigenvalue weighted by Crippen LogP contribution is 2.25. The van der Waals surface area contributed by atoms with E-state index in [1.54, 1.807) is 6.07 Å². The van der Waals surface area contributed by atoms with Gasteiger partial charge in [-0.2, -0.15) is 0 Å². The molecule has 2 rings (SSSR count). The van der Waals surface area contributed by atoms with Gasteiger partial charge in [-0.25, -0.2) is 0 Å². The topological polar surface area (TPSA) is 49.4 Å². The first-order valence-electron chi connectivity index (χ1n) is 8.66. The number of ketones is 1. The Morgan fingerprint density at radius 1 is 1.04 bits per heavy atom. The van der Waals surface area contributed by atoms with Crippen LogP contribution in [0, 0.1) is 6.92 Å². The molecular formula is C21H25ClN2O2. The molecule has 138 valence electrons. The van der Waals surface area contributed by atoms with Crippen LogP contribution in [-0.4, -0.2) is 37.2 Å². The number of carbonyl (C=O) groups is 2. The predicted octanol–water partition coefficient (Wildman–Crippen LogP) is 4.03. The van der Waals surface area contributed by atoms with Gasteiger partial charge in [-0.05, 0) is 38.2 Å². The van der Waals surface area contributed by atoms with Gasteiger partial charge in [0.05, 0.1) is 6.04 Å². The number of Topliss-reactive ketones (excluding diaryl/α,β-unsaturated/α-hetero) is 1. The highest BCUT2D eigenvalue weighted by atomic mass is 35.5. The smallest absolute Gasteiger partial charge is 0.220 e. The van der Waals surface area contributed by atoms with E-state index in [4.69, 9.17) is 11.6 Å². The van der Waals surface area contributed by atoms with Crippen LogP contribution in [0.15, 0.2) is 48.5 Å². The van der Waals surface area contributed by atoms with Crippen LogP contribution >= 0.6 is 11.6 Å².